The lowest BCUT2D eigenvalue weighted by atomic mass is 10.3. The second-order valence-electron chi connectivity index (χ2n) is 6.13. The van der Waals surface area contributed by atoms with Crippen molar-refractivity contribution in [2.75, 3.05) is 6.61 Å². The van der Waals surface area contributed by atoms with Crippen LogP contribution in [0.15, 0.2) is 0 Å². The monoisotopic (exact) mass is 284 g/mol. The molecule has 0 aliphatic rings. The molecule has 20 heavy (non-hydrogen) atoms. The van der Waals surface area contributed by atoms with Crippen LogP contribution in [0.3, 0.4) is 0 Å². The Balaban J connectivity index is 5.26. The molecule has 0 radical (unpaired) electrons. The summed E-state index contributed by atoms with van der Waals surface area (Å²) in [6.07, 6.45) is 0.393. The van der Waals surface area contributed by atoms with Gasteiger partial charge in [0.25, 0.3) is 0 Å². The average Bonchev–Trinajstić information content (AvgIpc) is 2.26. The molecular weight excluding hydrogens is 252 g/mol. The van der Waals surface area contributed by atoms with E-state index in [4.69, 9.17) is 10.1 Å². The minimum Gasteiger partial charge on any atom is -0.268 e. The Morgan fingerprint density at radius 2 is 1.15 bits per heavy atom. The predicted octanol–water partition coefficient (Wildman–Crippen LogP) is 3.20. The summed E-state index contributed by atoms with van der Waals surface area (Å²) in [7, 11) is 0. The lowest BCUT2D eigenvalue weighted by Gasteiger charge is -2.47. The molecule has 0 aromatic rings. The van der Waals surface area contributed by atoms with Gasteiger partial charge in [0.1, 0.15) is 0 Å². The van der Waals surface area contributed by atoms with Crippen molar-refractivity contribution < 1.29 is 4.84 Å². The third-order valence-electron chi connectivity index (χ3n) is 2.93. The fourth-order valence-corrected chi connectivity index (χ4v) is 2.41. The van der Waals surface area contributed by atoms with E-state index in [-0.39, 0.29) is 0 Å². The molecule has 118 valence electrons. The molecule has 0 fully saturated rings. The first-order chi connectivity index (χ1) is 9.23. The number of hydrogen-bond donors (Lipinski definition) is 0. The van der Waals surface area contributed by atoms with E-state index >= 15 is 0 Å². The van der Waals surface area contributed by atoms with E-state index in [2.05, 4.69) is 71.5 Å². The zero-order chi connectivity index (χ0) is 15.9. The lowest BCUT2D eigenvalue weighted by Crippen LogP contribution is -2.61. The number of rotatable bonds is 9. The van der Waals surface area contributed by atoms with Gasteiger partial charge in [0, 0.05) is 24.2 Å². The summed E-state index contributed by atoms with van der Waals surface area (Å²) in [4.78, 5) is 5.91. The van der Waals surface area contributed by atoms with E-state index in [1.54, 1.807) is 0 Å². The molecule has 0 N–H and O–H groups in total. The molecule has 0 aliphatic carbocycles. The summed E-state index contributed by atoms with van der Waals surface area (Å²) < 4.78 is 0. The number of nitriles is 1. The van der Waals surface area contributed by atoms with Crippen molar-refractivity contribution in [2.24, 2.45) is 0 Å². The Bertz CT molecular complexity index is 261. The average molecular weight is 284 g/mol. The van der Waals surface area contributed by atoms with Crippen molar-refractivity contribution >= 4 is 0 Å². The van der Waals surface area contributed by atoms with Crippen LogP contribution in [0.25, 0.3) is 0 Å². The quantitative estimate of drug-likeness (QED) is 0.480. The van der Waals surface area contributed by atoms with Crippen molar-refractivity contribution in [2.45, 2.75) is 86.0 Å². The molecule has 0 spiro atoms. The van der Waals surface area contributed by atoms with Gasteiger partial charge < -0.3 is 0 Å². The predicted molar refractivity (Wildman–Crippen MR) is 82.2 cm³/mol. The largest absolute Gasteiger partial charge is 0.268 e. The second kappa shape index (κ2) is 9.30. The Morgan fingerprint density at radius 1 is 0.800 bits per heavy atom. The Kier molecular flexibility index (Phi) is 8.99. The first-order valence-electron chi connectivity index (χ1n) is 7.60. The van der Waals surface area contributed by atoms with Gasteiger partial charge in [-0.2, -0.15) is 15.3 Å². The minimum absolute atomic E-state index is 0.317. The zero-order valence-electron chi connectivity index (χ0n) is 14.4. The van der Waals surface area contributed by atoms with Gasteiger partial charge in [-0.1, -0.05) is 0 Å². The summed E-state index contributed by atoms with van der Waals surface area (Å²) in [5.41, 5.74) is 0. The topological polar surface area (TPSA) is 42.7 Å². The third kappa shape index (κ3) is 5.76. The molecule has 0 aromatic heterocycles. The van der Waals surface area contributed by atoms with Gasteiger partial charge in [-0.3, -0.25) is 4.84 Å². The Labute approximate surface area is 125 Å². The van der Waals surface area contributed by atoms with Crippen LogP contribution in [0.5, 0.6) is 0 Å². The maximum atomic E-state index is 8.72. The molecule has 0 amide bonds. The van der Waals surface area contributed by atoms with Crippen LogP contribution in [0.1, 0.15) is 61.8 Å². The molecule has 0 unspecified atom stereocenters. The van der Waals surface area contributed by atoms with Gasteiger partial charge in [-0.05, 0) is 60.7 Å². The SMILES string of the molecule is CC(C)N(C(C)C)N(OCCC#N)N(C(C)C)C(C)C. The summed E-state index contributed by atoms with van der Waals surface area (Å²) in [5.74, 6) is 0. The number of hydrazine groups is 2. The van der Waals surface area contributed by atoms with Crippen molar-refractivity contribution in [3.8, 4) is 6.07 Å². The minimum atomic E-state index is 0.317. The molecule has 5 nitrogen and oxygen atoms in total. The van der Waals surface area contributed by atoms with Gasteiger partial charge in [0.15, 0.2) is 0 Å². The van der Waals surface area contributed by atoms with E-state index in [1.807, 2.05) is 5.28 Å². The van der Waals surface area contributed by atoms with Crippen molar-refractivity contribution in [1.82, 2.24) is 15.3 Å². The number of hydrogen-bond acceptors (Lipinski definition) is 5. The molecule has 0 rings (SSSR count). The van der Waals surface area contributed by atoms with E-state index in [0.29, 0.717) is 37.2 Å². The van der Waals surface area contributed by atoms with Crippen molar-refractivity contribution in [3.05, 3.63) is 0 Å². The van der Waals surface area contributed by atoms with Crippen LogP contribution in [0, 0.1) is 11.3 Å². The van der Waals surface area contributed by atoms with Gasteiger partial charge in [0.05, 0.1) is 19.1 Å². The smallest absolute Gasteiger partial charge is 0.0847 e. The molecule has 0 atom stereocenters. The molecular formula is C15H32N4O. The molecule has 0 saturated carbocycles. The van der Waals surface area contributed by atoms with Gasteiger partial charge in [0.2, 0.25) is 0 Å². The maximum absolute atomic E-state index is 8.72. The van der Waals surface area contributed by atoms with E-state index < -0.39 is 0 Å². The van der Waals surface area contributed by atoms with Crippen LogP contribution in [-0.4, -0.2) is 46.1 Å². The highest BCUT2D eigenvalue weighted by Gasteiger charge is 2.31. The molecule has 0 bridgehead atoms. The third-order valence-corrected chi connectivity index (χ3v) is 2.93. The van der Waals surface area contributed by atoms with E-state index in [9.17, 15) is 0 Å². The van der Waals surface area contributed by atoms with Crippen LogP contribution in [-0.2, 0) is 4.84 Å². The van der Waals surface area contributed by atoms with Crippen LogP contribution < -0.4 is 0 Å². The van der Waals surface area contributed by atoms with E-state index in [0.717, 1.165) is 0 Å². The molecule has 0 saturated heterocycles. The summed E-state index contributed by atoms with van der Waals surface area (Å²) in [6, 6.07) is 3.40. The first kappa shape index (κ1) is 19.3. The maximum Gasteiger partial charge on any atom is 0.0847 e. The zero-order valence-corrected chi connectivity index (χ0v) is 14.4. The summed E-state index contributed by atoms with van der Waals surface area (Å²) >= 11 is 0. The molecule has 5 heteroatoms. The first-order valence-corrected chi connectivity index (χ1v) is 7.60. The van der Waals surface area contributed by atoms with Gasteiger partial charge >= 0.3 is 0 Å². The summed E-state index contributed by atoms with van der Waals surface area (Å²) in [5, 5.41) is 15.0. The fraction of sp³-hybridized carbons (Fsp3) is 0.933. The van der Waals surface area contributed by atoms with Crippen LogP contribution in [0.2, 0.25) is 0 Å². The molecule has 0 aromatic carbocycles. The standard InChI is InChI=1S/C15H32N4O/c1-12(2)17(13(3)4)19(20-11-9-10-16)18(14(5)6)15(7)8/h12-15H,9,11H2,1-8H3. The highest BCUT2D eigenvalue weighted by molar-refractivity contribution is 4.69. The molecule has 0 aliphatic heterocycles. The number of nitrogens with zero attached hydrogens (tertiary/aromatic N) is 4. The van der Waals surface area contributed by atoms with Crippen LogP contribution >= 0.6 is 0 Å². The van der Waals surface area contributed by atoms with Gasteiger partial charge in [-0.15, -0.1) is 0 Å². The Morgan fingerprint density at radius 3 is 1.40 bits per heavy atom. The summed E-state index contributed by atoms with van der Waals surface area (Å²) in [6.45, 7) is 17.6. The second-order valence-corrected chi connectivity index (χ2v) is 6.13. The lowest BCUT2D eigenvalue weighted by molar-refractivity contribution is -0.417. The highest BCUT2D eigenvalue weighted by atomic mass is 16.8. The Hall–Kier alpha value is -0.670. The molecule has 0 heterocycles. The van der Waals surface area contributed by atoms with E-state index in [1.165, 1.54) is 0 Å². The van der Waals surface area contributed by atoms with Crippen molar-refractivity contribution in [1.29, 1.82) is 5.26 Å². The van der Waals surface area contributed by atoms with Crippen molar-refractivity contribution in [3.63, 3.8) is 0 Å². The normalized spacial score (nSPS) is 12.7. The van der Waals surface area contributed by atoms with Crippen LogP contribution in [0.4, 0.5) is 0 Å². The fourth-order valence-electron chi connectivity index (χ4n) is 2.41. The highest BCUT2D eigenvalue weighted by Crippen LogP contribution is 2.19. The van der Waals surface area contributed by atoms with Gasteiger partial charge in [-0.25, -0.2) is 0 Å².